The van der Waals surface area contributed by atoms with Crippen molar-refractivity contribution in [1.82, 2.24) is 0 Å². The van der Waals surface area contributed by atoms with Crippen LogP contribution in [0.3, 0.4) is 0 Å². The molecule has 5 heteroatoms. The molecule has 0 saturated carbocycles. The minimum absolute atomic E-state index is 0.0518. The van der Waals surface area contributed by atoms with E-state index in [0.29, 0.717) is 29.0 Å². The number of rotatable bonds is 7. The Morgan fingerprint density at radius 1 is 1.00 bits per heavy atom. The zero-order valence-corrected chi connectivity index (χ0v) is 20.9. The number of benzene rings is 3. The molecule has 0 aliphatic heterocycles. The van der Waals surface area contributed by atoms with E-state index in [1.165, 1.54) is 0 Å². The van der Waals surface area contributed by atoms with Gasteiger partial charge >= 0.3 is 5.97 Å². The standard InChI is InChI=1S/C30H32O5/c1-6-34-29(32)23-15-12-21(13-16-23)14-17-27(31)25-18-24(22-10-8-7-9-11-22)19-26(30(2,3)4)28(25)35-20-33-5/h7-13,15-16,18-19,27,31H,6,20H2,1-5H3. The van der Waals surface area contributed by atoms with Gasteiger partial charge in [-0.2, -0.15) is 0 Å². The zero-order chi connectivity index (χ0) is 25.4. The van der Waals surface area contributed by atoms with Gasteiger partial charge in [0.05, 0.1) is 12.2 Å². The maximum atomic E-state index is 11.9. The largest absolute Gasteiger partial charge is 0.467 e. The maximum absolute atomic E-state index is 11.9. The lowest BCUT2D eigenvalue weighted by atomic mass is 9.82. The second-order valence-corrected chi connectivity index (χ2v) is 9.08. The van der Waals surface area contributed by atoms with Crippen LogP contribution in [0.1, 0.15) is 60.8 Å². The number of esters is 1. The fraction of sp³-hybridized carbons (Fsp3) is 0.300. The van der Waals surface area contributed by atoms with Crippen molar-refractivity contribution >= 4 is 5.97 Å². The number of ether oxygens (including phenoxy) is 3. The number of aliphatic hydroxyl groups excluding tert-OH is 1. The van der Waals surface area contributed by atoms with Crippen LogP contribution in [0.5, 0.6) is 5.75 Å². The molecule has 0 bridgehead atoms. The van der Waals surface area contributed by atoms with Gasteiger partial charge in [-0.15, -0.1) is 0 Å². The molecule has 0 radical (unpaired) electrons. The van der Waals surface area contributed by atoms with Crippen LogP contribution in [0, 0.1) is 11.8 Å². The van der Waals surface area contributed by atoms with Crippen molar-refractivity contribution in [3.63, 3.8) is 0 Å². The average Bonchev–Trinajstić information content (AvgIpc) is 2.86. The molecule has 182 valence electrons. The predicted octanol–water partition coefficient (Wildman–Crippen LogP) is 5.90. The number of aliphatic hydroxyl groups is 1. The van der Waals surface area contributed by atoms with E-state index in [-0.39, 0.29) is 18.2 Å². The van der Waals surface area contributed by atoms with E-state index in [0.717, 1.165) is 16.7 Å². The van der Waals surface area contributed by atoms with E-state index in [2.05, 4.69) is 38.7 Å². The van der Waals surface area contributed by atoms with Crippen LogP contribution in [-0.2, 0) is 14.9 Å². The van der Waals surface area contributed by atoms with Crippen LogP contribution in [0.15, 0.2) is 66.7 Å². The highest BCUT2D eigenvalue weighted by Crippen LogP contribution is 2.40. The summed E-state index contributed by atoms with van der Waals surface area (Å²) in [5.74, 6) is 6.13. The molecule has 0 aliphatic rings. The normalized spacial score (nSPS) is 11.8. The first-order valence-corrected chi connectivity index (χ1v) is 11.6. The molecule has 0 aliphatic carbocycles. The second-order valence-electron chi connectivity index (χ2n) is 9.08. The lowest BCUT2D eigenvalue weighted by Gasteiger charge is -2.26. The average molecular weight is 473 g/mol. The molecule has 3 aromatic rings. The summed E-state index contributed by atoms with van der Waals surface area (Å²) in [5, 5.41) is 11.2. The molecule has 0 spiro atoms. The van der Waals surface area contributed by atoms with Crippen molar-refractivity contribution in [2.45, 2.75) is 39.2 Å². The van der Waals surface area contributed by atoms with E-state index in [9.17, 15) is 9.90 Å². The van der Waals surface area contributed by atoms with Crippen molar-refractivity contribution in [1.29, 1.82) is 0 Å². The molecule has 0 aromatic heterocycles. The lowest BCUT2D eigenvalue weighted by Crippen LogP contribution is -2.17. The summed E-state index contributed by atoms with van der Waals surface area (Å²) < 4.78 is 16.2. The van der Waals surface area contributed by atoms with E-state index in [1.54, 1.807) is 38.3 Å². The molecule has 0 saturated heterocycles. The van der Waals surface area contributed by atoms with Gasteiger partial charge in [-0.3, -0.25) is 0 Å². The fourth-order valence-electron chi connectivity index (χ4n) is 3.62. The van der Waals surface area contributed by atoms with Gasteiger partial charge in [0, 0.05) is 23.8 Å². The summed E-state index contributed by atoms with van der Waals surface area (Å²) in [4.78, 5) is 11.9. The van der Waals surface area contributed by atoms with Crippen LogP contribution in [-0.4, -0.2) is 31.6 Å². The van der Waals surface area contributed by atoms with E-state index < -0.39 is 6.10 Å². The summed E-state index contributed by atoms with van der Waals surface area (Å²) in [7, 11) is 1.56. The van der Waals surface area contributed by atoms with Gasteiger partial charge in [-0.1, -0.05) is 62.9 Å². The highest BCUT2D eigenvalue weighted by atomic mass is 16.7. The summed E-state index contributed by atoms with van der Waals surface area (Å²) in [5.41, 5.74) is 4.40. The van der Waals surface area contributed by atoms with Crippen molar-refractivity contribution in [2.24, 2.45) is 0 Å². The second kappa shape index (κ2) is 11.7. The Morgan fingerprint density at radius 3 is 2.29 bits per heavy atom. The van der Waals surface area contributed by atoms with Crippen LogP contribution in [0.4, 0.5) is 0 Å². The van der Waals surface area contributed by atoms with E-state index in [1.807, 2.05) is 36.4 Å². The van der Waals surface area contributed by atoms with Gasteiger partial charge in [0.1, 0.15) is 11.9 Å². The molecule has 35 heavy (non-hydrogen) atoms. The summed E-state index contributed by atoms with van der Waals surface area (Å²) in [6.45, 7) is 8.44. The highest BCUT2D eigenvalue weighted by molar-refractivity contribution is 5.89. The minimum atomic E-state index is -1.10. The molecule has 1 N–H and O–H groups in total. The predicted molar refractivity (Wildman–Crippen MR) is 137 cm³/mol. The van der Waals surface area contributed by atoms with Gasteiger partial charge in [0.25, 0.3) is 0 Å². The maximum Gasteiger partial charge on any atom is 0.338 e. The molecule has 0 heterocycles. The van der Waals surface area contributed by atoms with E-state index in [4.69, 9.17) is 14.2 Å². The Hall–Kier alpha value is -3.59. The number of methoxy groups -OCH3 is 1. The molecule has 0 amide bonds. The van der Waals surface area contributed by atoms with Crippen molar-refractivity contribution < 1.29 is 24.1 Å². The van der Waals surface area contributed by atoms with Crippen LogP contribution < -0.4 is 4.74 Å². The van der Waals surface area contributed by atoms with Gasteiger partial charge < -0.3 is 19.3 Å². The van der Waals surface area contributed by atoms with Crippen LogP contribution >= 0.6 is 0 Å². The Bertz CT molecular complexity index is 1200. The first-order valence-electron chi connectivity index (χ1n) is 11.6. The molecule has 1 unspecified atom stereocenters. The zero-order valence-electron chi connectivity index (χ0n) is 20.9. The molecule has 0 fully saturated rings. The van der Waals surface area contributed by atoms with Crippen molar-refractivity contribution in [3.05, 3.63) is 89.0 Å². The molecular weight excluding hydrogens is 440 g/mol. The summed E-state index contributed by atoms with van der Waals surface area (Å²) >= 11 is 0. The number of carbonyl (C=O) groups is 1. The quantitative estimate of drug-likeness (QED) is 0.264. The first kappa shape index (κ1) is 26.0. The molecule has 5 nitrogen and oxygen atoms in total. The highest BCUT2D eigenvalue weighted by Gasteiger charge is 2.25. The number of hydrogen-bond donors (Lipinski definition) is 1. The Balaban J connectivity index is 2.04. The third kappa shape index (κ3) is 6.73. The minimum Gasteiger partial charge on any atom is -0.467 e. The van der Waals surface area contributed by atoms with Crippen LogP contribution in [0.2, 0.25) is 0 Å². The molecule has 3 rings (SSSR count). The number of hydrogen-bond acceptors (Lipinski definition) is 5. The summed E-state index contributed by atoms with van der Waals surface area (Å²) in [6, 6.07) is 20.8. The third-order valence-corrected chi connectivity index (χ3v) is 5.40. The molecular formula is C30H32O5. The van der Waals surface area contributed by atoms with E-state index >= 15 is 0 Å². The lowest BCUT2D eigenvalue weighted by molar-refractivity contribution is 0.0476. The van der Waals surface area contributed by atoms with Gasteiger partial charge in [0.2, 0.25) is 0 Å². The SMILES string of the molecule is CCOC(=O)c1ccc(C#CC(O)c2cc(-c3ccccc3)cc(C(C)(C)C)c2OCOC)cc1. The monoisotopic (exact) mass is 472 g/mol. The topological polar surface area (TPSA) is 65.0 Å². The first-order chi connectivity index (χ1) is 16.7. The summed E-state index contributed by atoms with van der Waals surface area (Å²) in [6.07, 6.45) is -1.10. The van der Waals surface area contributed by atoms with Gasteiger partial charge in [-0.25, -0.2) is 4.79 Å². The third-order valence-electron chi connectivity index (χ3n) is 5.40. The van der Waals surface area contributed by atoms with Crippen molar-refractivity contribution in [3.8, 4) is 28.7 Å². The Labute approximate surface area is 207 Å². The smallest absolute Gasteiger partial charge is 0.338 e. The van der Waals surface area contributed by atoms with Crippen LogP contribution in [0.25, 0.3) is 11.1 Å². The molecule has 1 atom stereocenters. The van der Waals surface area contributed by atoms with Gasteiger partial charge in [-0.05, 0) is 59.9 Å². The van der Waals surface area contributed by atoms with Crippen molar-refractivity contribution in [2.75, 3.05) is 20.5 Å². The molecule has 3 aromatic carbocycles. The Kier molecular flexibility index (Phi) is 8.70. The number of carbonyl (C=O) groups excluding carboxylic acids is 1. The van der Waals surface area contributed by atoms with Gasteiger partial charge in [0.15, 0.2) is 6.79 Å². The fourth-order valence-corrected chi connectivity index (χ4v) is 3.62. The Morgan fingerprint density at radius 2 is 1.69 bits per heavy atom.